The zero-order chi connectivity index (χ0) is 14.1. The van der Waals surface area contributed by atoms with Crippen LogP contribution < -0.4 is 0 Å². The Morgan fingerprint density at radius 2 is 2.05 bits per heavy atom. The molecule has 1 aliphatic rings. The van der Waals surface area contributed by atoms with E-state index in [1.807, 2.05) is 0 Å². The molecule has 0 radical (unpaired) electrons. The second-order valence-electron chi connectivity index (χ2n) is 5.35. The van der Waals surface area contributed by atoms with Gasteiger partial charge < -0.3 is 14.7 Å². The summed E-state index contributed by atoms with van der Waals surface area (Å²) in [6.07, 6.45) is 2.28. The first-order valence-corrected chi connectivity index (χ1v) is 7.38. The largest absolute Gasteiger partial charge is 0.481 e. The summed E-state index contributed by atoms with van der Waals surface area (Å²) in [5.74, 6) is -0.991. The van der Waals surface area contributed by atoms with Gasteiger partial charge in [-0.2, -0.15) is 0 Å². The van der Waals surface area contributed by atoms with Crippen LogP contribution in [0.1, 0.15) is 26.7 Å². The van der Waals surface area contributed by atoms with Crippen LogP contribution in [0.25, 0.3) is 0 Å². The lowest BCUT2D eigenvalue weighted by Gasteiger charge is -2.30. The molecule has 1 unspecified atom stereocenters. The first-order chi connectivity index (χ1) is 9.13. The molecule has 19 heavy (non-hydrogen) atoms. The SMILES string of the molecule is CCCCN(CCN1CCOCC1)CC(C)C(=O)O. The first-order valence-electron chi connectivity index (χ1n) is 7.38. The summed E-state index contributed by atoms with van der Waals surface area (Å²) in [7, 11) is 0. The van der Waals surface area contributed by atoms with Crippen molar-refractivity contribution < 1.29 is 14.6 Å². The highest BCUT2D eigenvalue weighted by molar-refractivity contribution is 5.69. The Labute approximate surface area is 116 Å². The predicted molar refractivity (Wildman–Crippen MR) is 75.4 cm³/mol. The Balaban J connectivity index is 2.32. The average molecular weight is 272 g/mol. The van der Waals surface area contributed by atoms with E-state index in [9.17, 15) is 4.79 Å². The van der Waals surface area contributed by atoms with Gasteiger partial charge in [-0.1, -0.05) is 20.3 Å². The van der Waals surface area contributed by atoms with Gasteiger partial charge in [-0.25, -0.2) is 0 Å². The molecule has 1 fully saturated rings. The smallest absolute Gasteiger partial charge is 0.307 e. The zero-order valence-electron chi connectivity index (χ0n) is 12.3. The van der Waals surface area contributed by atoms with Crippen molar-refractivity contribution in [3.05, 3.63) is 0 Å². The number of hydrogen-bond donors (Lipinski definition) is 1. The van der Waals surface area contributed by atoms with Crippen molar-refractivity contribution in [2.75, 3.05) is 52.5 Å². The number of carboxylic acids is 1. The van der Waals surface area contributed by atoms with Crippen LogP contribution in [0.5, 0.6) is 0 Å². The highest BCUT2D eigenvalue weighted by Gasteiger charge is 2.17. The Morgan fingerprint density at radius 1 is 1.37 bits per heavy atom. The maximum absolute atomic E-state index is 11.0. The van der Waals surface area contributed by atoms with Gasteiger partial charge in [0.15, 0.2) is 0 Å². The summed E-state index contributed by atoms with van der Waals surface area (Å²) in [6.45, 7) is 11.2. The Morgan fingerprint density at radius 3 is 2.63 bits per heavy atom. The Kier molecular flexibility index (Phi) is 8.02. The summed E-state index contributed by atoms with van der Waals surface area (Å²) in [5, 5.41) is 9.02. The number of unbranched alkanes of at least 4 members (excludes halogenated alkanes) is 1. The van der Waals surface area contributed by atoms with Gasteiger partial charge in [0.25, 0.3) is 0 Å². The lowest BCUT2D eigenvalue weighted by atomic mass is 10.1. The summed E-state index contributed by atoms with van der Waals surface area (Å²) in [6, 6.07) is 0. The minimum Gasteiger partial charge on any atom is -0.481 e. The lowest BCUT2D eigenvalue weighted by molar-refractivity contribution is -0.141. The molecule has 1 aliphatic heterocycles. The topological polar surface area (TPSA) is 53.0 Å². The molecule has 1 atom stereocenters. The molecule has 5 nitrogen and oxygen atoms in total. The van der Waals surface area contributed by atoms with Gasteiger partial charge in [-0.05, 0) is 13.0 Å². The van der Waals surface area contributed by atoms with Crippen LogP contribution in [0.4, 0.5) is 0 Å². The number of carboxylic acid groups (broad SMARTS) is 1. The summed E-state index contributed by atoms with van der Waals surface area (Å²) in [4.78, 5) is 15.6. The van der Waals surface area contributed by atoms with Crippen LogP contribution in [-0.4, -0.2) is 73.4 Å². The number of hydrogen-bond acceptors (Lipinski definition) is 4. The van der Waals surface area contributed by atoms with E-state index in [2.05, 4.69) is 16.7 Å². The van der Waals surface area contributed by atoms with E-state index in [0.29, 0.717) is 6.54 Å². The summed E-state index contributed by atoms with van der Waals surface area (Å²) >= 11 is 0. The summed E-state index contributed by atoms with van der Waals surface area (Å²) in [5.41, 5.74) is 0. The number of morpholine rings is 1. The quantitative estimate of drug-likeness (QED) is 0.682. The molecule has 5 heteroatoms. The van der Waals surface area contributed by atoms with E-state index < -0.39 is 5.97 Å². The highest BCUT2D eigenvalue weighted by atomic mass is 16.5. The fourth-order valence-electron chi connectivity index (χ4n) is 2.25. The van der Waals surface area contributed by atoms with Crippen LogP contribution in [0.3, 0.4) is 0 Å². The second-order valence-corrected chi connectivity index (χ2v) is 5.35. The van der Waals surface area contributed by atoms with Crippen LogP contribution in [0.2, 0.25) is 0 Å². The van der Waals surface area contributed by atoms with Gasteiger partial charge in [-0.3, -0.25) is 9.69 Å². The number of ether oxygens (including phenoxy) is 1. The normalized spacial score (nSPS) is 18.7. The van der Waals surface area contributed by atoms with Gasteiger partial charge in [0.2, 0.25) is 0 Å². The minimum absolute atomic E-state index is 0.290. The Hall–Kier alpha value is -0.650. The molecule has 0 aromatic heterocycles. The van der Waals surface area contributed by atoms with Gasteiger partial charge >= 0.3 is 5.97 Å². The maximum atomic E-state index is 11.0. The summed E-state index contributed by atoms with van der Waals surface area (Å²) < 4.78 is 5.33. The van der Waals surface area contributed by atoms with E-state index in [1.54, 1.807) is 6.92 Å². The van der Waals surface area contributed by atoms with Crippen LogP contribution >= 0.6 is 0 Å². The highest BCUT2D eigenvalue weighted by Crippen LogP contribution is 2.04. The lowest BCUT2D eigenvalue weighted by Crippen LogP contribution is -2.43. The van der Waals surface area contributed by atoms with E-state index in [-0.39, 0.29) is 5.92 Å². The monoisotopic (exact) mass is 272 g/mol. The molecule has 1 heterocycles. The van der Waals surface area contributed by atoms with E-state index in [1.165, 1.54) is 0 Å². The molecule has 0 aromatic carbocycles. The van der Waals surface area contributed by atoms with Crippen molar-refractivity contribution in [2.24, 2.45) is 5.92 Å². The fourth-order valence-corrected chi connectivity index (χ4v) is 2.25. The van der Waals surface area contributed by atoms with Gasteiger partial charge in [0, 0.05) is 32.7 Å². The average Bonchev–Trinajstić information content (AvgIpc) is 2.42. The molecular formula is C14H28N2O3. The van der Waals surface area contributed by atoms with Gasteiger partial charge in [-0.15, -0.1) is 0 Å². The standard InChI is InChI=1S/C14H28N2O3/c1-3-4-5-16(12-13(2)14(17)18)7-6-15-8-10-19-11-9-15/h13H,3-12H2,1-2H3,(H,17,18). The van der Waals surface area contributed by atoms with E-state index >= 15 is 0 Å². The molecule has 0 spiro atoms. The molecule has 0 bridgehead atoms. The van der Waals surface area contributed by atoms with Crippen molar-refractivity contribution in [1.82, 2.24) is 9.80 Å². The van der Waals surface area contributed by atoms with Crippen molar-refractivity contribution >= 4 is 5.97 Å². The van der Waals surface area contributed by atoms with Crippen LogP contribution in [0.15, 0.2) is 0 Å². The molecule has 0 amide bonds. The third-order valence-corrected chi connectivity index (χ3v) is 3.62. The van der Waals surface area contributed by atoms with Gasteiger partial charge in [0.1, 0.15) is 0 Å². The third-order valence-electron chi connectivity index (χ3n) is 3.62. The van der Waals surface area contributed by atoms with E-state index in [4.69, 9.17) is 9.84 Å². The zero-order valence-corrected chi connectivity index (χ0v) is 12.3. The molecule has 1 N–H and O–H groups in total. The van der Waals surface area contributed by atoms with Crippen LogP contribution in [-0.2, 0) is 9.53 Å². The molecule has 0 aromatic rings. The Bertz CT molecular complexity index is 255. The van der Waals surface area contributed by atoms with E-state index in [0.717, 1.165) is 58.8 Å². The van der Waals surface area contributed by atoms with Crippen molar-refractivity contribution in [3.8, 4) is 0 Å². The number of rotatable bonds is 9. The van der Waals surface area contributed by atoms with Crippen molar-refractivity contribution in [3.63, 3.8) is 0 Å². The molecular weight excluding hydrogens is 244 g/mol. The maximum Gasteiger partial charge on any atom is 0.307 e. The third kappa shape index (κ3) is 6.89. The van der Waals surface area contributed by atoms with Gasteiger partial charge in [0.05, 0.1) is 19.1 Å². The number of nitrogens with zero attached hydrogens (tertiary/aromatic N) is 2. The molecule has 1 saturated heterocycles. The predicted octanol–water partition coefficient (Wildman–Crippen LogP) is 1.14. The molecule has 0 aliphatic carbocycles. The molecule has 0 saturated carbocycles. The van der Waals surface area contributed by atoms with Crippen molar-refractivity contribution in [2.45, 2.75) is 26.7 Å². The fraction of sp³-hybridized carbons (Fsp3) is 0.929. The molecule has 1 rings (SSSR count). The number of carbonyl (C=O) groups is 1. The minimum atomic E-state index is -0.701. The number of aliphatic carboxylic acids is 1. The van der Waals surface area contributed by atoms with Crippen LogP contribution in [0, 0.1) is 5.92 Å². The first kappa shape index (κ1) is 16.4. The second kappa shape index (κ2) is 9.28. The van der Waals surface area contributed by atoms with Crippen molar-refractivity contribution in [1.29, 1.82) is 0 Å². The molecule has 112 valence electrons.